The van der Waals surface area contributed by atoms with E-state index in [9.17, 15) is 19.5 Å². The first-order valence-electron chi connectivity index (χ1n) is 14.6. The molecule has 0 saturated carbocycles. The van der Waals surface area contributed by atoms with Crippen molar-refractivity contribution in [2.75, 3.05) is 46.3 Å². The molecule has 42 heavy (non-hydrogen) atoms. The van der Waals surface area contributed by atoms with Crippen LogP contribution in [0.25, 0.3) is 11.3 Å². The summed E-state index contributed by atoms with van der Waals surface area (Å²) < 4.78 is 1.99. The predicted molar refractivity (Wildman–Crippen MR) is 158 cm³/mol. The number of piperidine rings is 1. The first-order valence-corrected chi connectivity index (χ1v) is 15.5. The van der Waals surface area contributed by atoms with E-state index in [0.29, 0.717) is 12.8 Å². The van der Waals surface area contributed by atoms with Crippen molar-refractivity contribution in [3.63, 3.8) is 0 Å². The molecule has 4 heterocycles. The fourth-order valence-corrected chi connectivity index (χ4v) is 7.15. The quantitative estimate of drug-likeness (QED) is 0.433. The zero-order chi connectivity index (χ0) is 29.3. The summed E-state index contributed by atoms with van der Waals surface area (Å²) in [5.41, 5.74) is 2.80. The van der Waals surface area contributed by atoms with Crippen molar-refractivity contribution in [1.82, 2.24) is 34.8 Å². The van der Waals surface area contributed by atoms with Crippen LogP contribution < -0.4 is 5.32 Å². The second kappa shape index (κ2) is 11.8. The number of aliphatic carboxylic acids is 1. The van der Waals surface area contributed by atoms with Gasteiger partial charge < -0.3 is 25.1 Å². The highest BCUT2D eigenvalue weighted by Gasteiger charge is 2.45. The minimum atomic E-state index is -0.985. The van der Waals surface area contributed by atoms with Gasteiger partial charge in [0.05, 0.1) is 36.3 Å². The Bertz CT molecular complexity index is 1430. The largest absolute Gasteiger partial charge is 0.481 e. The number of thiazole rings is 1. The van der Waals surface area contributed by atoms with Crippen LogP contribution in [0.15, 0.2) is 42.0 Å². The molecule has 12 heteroatoms. The summed E-state index contributed by atoms with van der Waals surface area (Å²) in [6.07, 6.45) is 6.18. The number of aromatic nitrogens is 3. The van der Waals surface area contributed by atoms with Crippen molar-refractivity contribution in [1.29, 1.82) is 0 Å². The van der Waals surface area contributed by atoms with Crippen LogP contribution in [-0.2, 0) is 29.0 Å². The zero-order valence-corrected chi connectivity index (χ0v) is 24.7. The molecule has 2 fully saturated rings. The summed E-state index contributed by atoms with van der Waals surface area (Å²) in [5, 5.41) is 19.9. The maximum absolute atomic E-state index is 13.3. The fraction of sp³-hybridized carbons (Fsp3) is 0.500. The van der Waals surface area contributed by atoms with Crippen molar-refractivity contribution in [3.05, 3.63) is 58.2 Å². The number of fused-ring (bicyclic) bond motifs is 1. The lowest BCUT2D eigenvalue weighted by molar-refractivity contribution is -0.145. The van der Waals surface area contributed by atoms with Gasteiger partial charge in [0.25, 0.3) is 0 Å². The summed E-state index contributed by atoms with van der Waals surface area (Å²) in [4.78, 5) is 48.8. The molecule has 2 saturated heterocycles. The number of piperazine rings is 1. The standard InChI is InChI=1S/C30H37N7O4S/c1-34-10-12-36(13-11-34)29(41)35-8-6-24(7-9-35)37-19-23(17-32-37)25-20-42-26(33-25)18-31-28(40)30(16-27(38)39)14-21-4-2-3-5-22(21)15-30/h2-5,17,19-20,24H,6-16,18H2,1H3,(H,31,40)(H,38,39). The summed E-state index contributed by atoms with van der Waals surface area (Å²) in [6, 6.07) is 8.16. The molecule has 0 unspecified atom stereocenters. The van der Waals surface area contributed by atoms with E-state index in [1.807, 2.05) is 56.5 Å². The van der Waals surface area contributed by atoms with E-state index in [4.69, 9.17) is 4.98 Å². The molecule has 0 atom stereocenters. The van der Waals surface area contributed by atoms with Crippen LogP contribution in [0.3, 0.4) is 0 Å². The molecule has 2 aromatic heterocycles. The highest BCUT2D eigenvalue weighted by Crippen LogP contribution is 2.40. The van der Waals surface area contributed by atoms with Crippen LogP contribution >= 0.6 is 11.3 Å². The Morgan fingerprint density at radius 3 is 2.36 bits per heavy atom. The number of likely N-dealkylation sites (tertiary alicyclic amines) is 1. The first kappa shape index (κ1) is 28.4. The van der Waals surface area contributed by atoms with Gasteiger partial charge in [0.15, 0.2) is 0 Å². The third-order valence-electron chi connectivity index (χ3n) is 8.88. The van der Waals surface area contributed by atoms with E-state index in [0.717, 1.165) is 79.5 Å². The molecule has 1 aliphatic carbocycles. The van der Waals surface area contributed by atoms with Crippen molar-refractivity contribution in [2.24, 2.45) is 5.41 Å². The number of hydrogen-bond donors (Lipinski definition) is 2. The summed E-state index contributed by atoms with van der Waals surface area (Å²) in [6.45, 7) is 5.10. The van der Waals surface area contributed by atoms with E-state index >= 15 is 0 Å². The maximum Gasteiger partial charge on any atom is 0.320 e. The SMILES string of the molecule is CN1CCN(C(=O)N2CCC(n3cc(-c4csc(CNC(=O)C5(CC(=O)O)Cc6ccccc6C5)n4)cn3)CC2)CC1. The monoisotopic (exact) mass is 591 g/mol. The lowest BCUT2D eigenvalue weighted by atomic mass is 9.80. The zero-order valence-electron chi connectivity index (χ0n) is 23.9. The van der Waals surface area contributed by atoms with Crippen molar-refractivity contribution >= 4 is 29.2 Å². The van der Waals surface area contributed by atoms with E-state index in [1.165, 1.54) is 11.3 Å². The van der Waals surface area contributed by atoms with Crippen molar-refractivity contribution in [2.45, 2.75) is 44.7 Å². The number of carboxylic acids is 1. The van der Waals surface area contributed by atoms with Crippen LogP contribution in [0.5, 0.6) is 0 Å². The van der Waals surface area contributed by atoms with Crippen molar-refractivity contribution < 1.29 is 19.5 Å². The smallest absolute Gasteiger partial charge is 0.320 e. The lowest BCUT2D eigenvalue weighted by Gasteiger charge is -2.38. The number of amides is 3. The molecule has 0 bridgehead atoms. The van der Waals surface area contributed by atoms with Crippen LogP contribution in [0.1, 0.15) is 41.4 Å². The highest BCUT2D eigenvalue weighted by molar-refractivity contribution is 7.09. The van der Waals surface area contributed by atoms with Gasteiger partial charge in [-0.1, -0.05) is 24.3 Å². The Kier molecular flexibility index (Phi) is 8.00. The third kappa shape index (κ3) is 5.91. The van der Waals surface area contributed by atoms with Gasteiger partial charge in [-0.05, 0) is 43.9 Å². The molecule has 11 nitrogen and oxygen atoms in total. The van der Waals surface area contributed by atoms with Gasteiger partial charge >= 0.3 is 12.0 Å². The Morgan fingerprint density at radius 1 is 1.02 bits per heavy atom. The second-order valence-electron chi connectivity index (χ2n) is 11.8. The molecule has 3 aliphatic rings. The Balaban J connectivity index is 1.03. The molecule has 0 radical (unpaired) electrons. The maximum atomic E-state index is 13.3. The molecule has 3 aromatic rings. The Hall–Kier alpha value is -3.77. The van der Waals surface area contributed by atoms with Crippen LogP contribution in [0.2, 0.25) is 0 Å². The molecular weight excluding hydrogens is 554 g/mol. The van der Waals surface area contributed by atoms with E-state index in [-0.39, 0.29) is 30.9 Å². The van der Waals surface area contributed by atoms with Gasteiger partial charge in [0.1, 0.15) is 5.01 Å². The average Bonchev–Trinajstić information content (AvgIpc) is 3.74. The summed E-state index contributed by atoms with van der Waals surface area (Å²) >= 11 is 1.46. The number of rotatable bonds is 7. The Labute approximate surface area is 249 Å². The lowest BCUT2D eigenvalue weighted by Crippen LogP contribution is -2.53. The van der Waals surface area contributed by atoms with E-state index in [2.05, 4.69) is 22.4 Å². The van der Waals surface area contributed by atoms with Gasteiger partial charge in [0.2, 0.25) is 5.91 Å². The fourth-order valence-electron chi connectivity index (χ4n) is 6.41. The molecule has 2 N–H and O–H groups in total. The number of nitrogens with zero attached hydrogens (tertiary/aromatic N) is 6. The number of hydrogen-bond acceptors (Lipinski definition) is 7. The summed E-state index contributed by atoms with van der Waals surface area (Å²) in [5.74, 6) is -1.22. The molecule has 222 valence electrons. The third-order valence-corrected chi connectivity index (χ3v) is 9.73. The van der Waals surface area contributed by atoms with Gasteiger partial charge in [-0.25, -0.2) is 9.78 Å². The van der Waals surface area contributed by atoms with Crippen LogP contribution in [0, 0.1) is 5.41 Å². The number of benzene rings is 1. The number of carbonyl (C=O) groups excluding carboxylic acids is 2. The number of nitrogens with one attached hydrogen (secondary N) is 1. The molecule has 3 amide bonds. The van der Waals surface area contributed by atoms with E-state index in [1.54, 1.807) is 0 Å². The van der Waals surface area contributed by atoms with Gasteiger partial charge in [-0.3, -0.25) is 14.3 Å². The highest BCUT2D eigenvalue weighted by atomic mass is 32.1. The Morgan fingerprint density at radius 2 is 1.69 bits per heavy atom. The number of likely N-dealkylation sites (N-methyl/N-ethyl adjacent to an activating group) is 1. The molecule has 0 spiro atoms. The van der Waals surface area contributed by atoms with E-state index < -0.39 is 11.4 Å². The number of carbonyl (C=O) groups is 3. The van der Waals surface area contributed by atoms with Gasteiger partial charge in [-0.15, -0.1) is 11.3 Å². The minimum absolute atomic E-state index is 0.149. The summed E-state index contributed by atoms with van der Waals surface area (Å²) in [7, 11) is 2.09. The predicted octanol–water partition coefficient (Wildman–Crippen LogP) is 2.89. The number of carboxylic acid groups (broad SMARTS) is 1. The topological polar surface area (TPSA) is 124 Å². The molecule has 2 aliphatic heterocycles. The number of urea groups is 1. The van der Waals surface area contributed by atoms with Crippen molar-refractivity contribution in [3.8, 4) is 11.3 Å². The average molecular weight is 592 g/mol. The second-order valence-corrected chi connectivity index (χ2v) is 12.7. The van der Waals surface area contributed by atoms with Gasteiger partial charge in [-0.2, -0.15) is 5.10 Å². The van der Waals surface area contributed by atoms with Crippen LogP contribution in [-0.4, -0.2) is 98.8 Å². The van der Waals surface area contributed by atoms with Gasteiger partial charge in [0, 0.05) is 56.4 Å². The normalized spacial score (nSPS) is 19.1. The molecule has 1 aromatic carbocycles. The minimum Gasteiger partial charge on any atom is -0.481 e. The van der Waals surface area contributed by atoms with Crippen LogP contribution in [0.4, 0.5) is 4.79 Å². The molecular formula is C30H37N7O4S. The molecule has 6 rings (SSSR count). The first-order chi connectivity index (χ1) is 20.3.